The number of rotatable bonds is 4. The van der Waals surface area contributed by atoms with Gasteiger partial charge in [0, 0.05) is 43.9 Å². The number of amides is 1. The van der Waals surface area contributed by atoms with E-state index in [1.165, 1.54) is 6.42 Å². The van der Waals surface area contributed by atoms with Gasteiger partial charge in [-0.1, -0.05) is 0 Å². The molecule has 2 saturated heterocycles. The molecule has 4 rings (SSSR count). The smallest absolute Gasteiger partial charge is 0.249 e. The Labute approximate surface area is 153 Å². The lowest BCUT2D eigenvalue weighted by molar-refractivity contribution is -0.139. The van der Waals surface area contributed by atoms with Gasteiger partial charge in [-0.05, 0) is 44.9 Å². The zero-order valence-corrected chi connectivity index (χ0v) is 15.2. The van der Waals surface area contributed by atoms with E-state index in [9.17, 15) is 4.79 Å². The largest absolute Gasteiger partial charge is 0.419 e. The number of hydrogen-bond acceptors (Lipinski definition) is 6. The fourth-order valence-electron chi connectivity index (χ4n) is 4.28. The van der Waals surface area contributed by atoms with Gasteiger partial charge in [-0.2, -0.15) is 0 Å². The zero-order chi connectivity index (χ0) is 18.0. The molecular weight excluding hydrogens is 330 g/mol. The highest BCUT2D eigenvalue weighted by Crippen LogP contribution is 2.39. The van der Waals surface area contributed by atoms with Crippen LogP contribution in [-0.2, 0) is 11.3 Å². The maximum absolute atomic E-state index is 12.0. The van der Waals surface area contributed by atoms with Gasteiger partial charge in [0.2, 0.25) is 17.7 Å². The van der Waals surface area contributed by atoms with Crippen LogP contribution in [-0.4, -0.2) is 57.1 Å². The van der Waals surface area contributed by atoms with Gasteiger partial charge in [-0.3, -0.25) is 14.7 Å². The molecule has 1 amide bonds. The predicted molar refractivity (Wildman–Crippen MR) is 96.0 cm³/mol. The van der Waals surface area contributed by atoms with E-state index in [4.69, 9.17) is 4.42 Å². The van der Waals surface area contributed by atoms with E-state index >= 15 is 0 Å². The Morgan fingerprint density at radius 1 is 1.27 bits per heavy atom. The van der Waals surface area contributed by atoms with Crippen molar-refractivity contribution in [1.29, 1.82) is 0 Å². The Hall–Kier alpha value is -2.28. The molecule has 2 aromatic rings. The topological polar surface area (TPSA) is 75.4 Å². The summed E-state index contributed by atoms with van der Waals surface area (Å²) in [5.74, 6) is 1.45. The van der Waals surface area contributed by atoms with E-state index in [0.717, 1.165) is 44.6 Å². The van der Waals surface area contributed by atoms with Gasteiger partial charge in [-0.15, -0.1) is 10.2 Å². The second-order valence-corrected chi connectivity index (χ2v) is 7.46. The van der Waals surface area contributed by atoms with Crippen LogP contribution in [0.5, 0.6) is 0 Å². The normalized spacial score (nSPS) is 24.3. The number of nitrogens with zero attached hydrogens (tertiary/aromatic N) is 5. The summed E-state index contributed by atoms with van der Waals surface area (Å²) >= 11 is 0. The molecule has 0 bridgehead atoms. The van der Waals surface area contributed by atoms with Gasteiger partial charge >= 0.3 is 0 Å². The number of carbonyl (C=O) groups is 1. The highest BCUT2D eigenvalue weighted by molar-refractivity contribution is 5.77. The molecule has 0 unspecified atom stereocenters. The number of piperidine rings is 2. The molecule has 0 aliphatic carbocycles. The zero-order valence-electron chi connectivity index (χ0n) is 15.2. The van der Waals surface area contributed by atoms with Gasteiger partial charge in [0.05, 0.1) is 12.1 Å². The van der Waals surface area contributed by atoms with Crippen LogP contribution < -0.4 is 0 Å². The molecule has 2 aliphatic heterocycles. The number of likely N-dealkylation sites (tertiary alicyclic amines) is 2. The first-order valence-electron chi connectivity index (χ1n) is 9.40. The lowest BCUT2D eigenvalue weighted by Crippen LogP contribution is -2.53. The number of aromatic nitrogens is 3. The van der Waals surface area contributed by atoms with Crippen molar-refractivity contribution in [2.45, 2.75) is 39.2 Å². The monoisotopic (exact) mass is 355 g/mol. The van der Waals surface area contributed by atoms with Crippen LogP contribution in [0.1, 0.15) is 38.5 Å². The Morgan fingerprint density at radius 2 is 2.19 bits per heavy atom. The summed E-state index contributed by atoms with van der Waals surface area (Å²) in [6.07, 6.45) is 7.46. The van der Waals surface area contributed by atoms with Crippen LogP contribution in [0.25, 0.3) is 11.5 Å². The van der Waals surface area contributed by atoms with Crippen LogP contribution in [0.2, 0.25) is 0 Å². The Kier molecular flexibility index (Phi) is 4.72. The molecule has 138 valence electrons. The number of carbonyl (C=O) groups excluding carboxylic acids is 1. The average molecular weight is 355 g/mol. The number of hydrogen-bond donors (Lipinski definition) is 0. The van der Waals surface area contributed by atoms with Gasteiger partial charge < -0.3 is 9.32 Å². The maximum atomic E-state index is 12.0. The molecule has 7 nitrogen and oxygen atoms in total. The fraction of sp³-hybridized carbons (Fsp3) is 0.579. The standard InChI is InChI=1S/C19H25N5O2/c1-2-24-14-19(8-6-17(24)25)7-4-10-23(13-19)12-16-21-22-18(26-16)15-5-3-9-20-11-15/h3,5,9,11H,2,4,6-8,10,12-14H2,1H3/t19-/m0/s1. The lowest BCUT2D eigenvalue weighted by atomic mass is 9.73. The highest BCUT2D eigenvalue weighted by Gasteiger charge is 2.41. The Bertz CT molecular complexity index is 762. The average Bonchev–Trinajstić information content (AvgIpc) is 3.13. The summed E-state index contributed by atoms with van der Waals surface area (Å²) in [6, 6.07) is 3.77. The molecule has 2 aliphatic rings. The van der Waals surface area contributed by atoms with Crippen LogP contribution in [0.4, 0.5) is 0 Å². The number of pyridine rings is 1. The van der Waals surface area contributed by atoms with Crippen LogP contribution in [0.3, 0.4) is 0 Å². The molecular formula is C19H25N5O2. The first-order chi connectivity index (χ1) is 12.7. The van der Waals surface area contributed by atoms with Crippen LogP contribution in [0, 0.1) is 5.41 Å². The van der Waals surface area contributed by atoms with Gasteiger partial charge in [-0.25, -0.2) is 0 Å². The summed E-state index contributed by atoms with van der Waals surface area (Å²) in [5.41, 5.74) is 1.06. The second-order valence-electron chi connectivity index (χ2n) is 7.46. The Balaban J connectivity index is 1.43. The lowest BCUT2D eigenvalue weighted by Gasteiger charge is -2.48. The summed E-state index contributed by atoms with van der Waals surface area (Å²) < 4.78 is 5.84. The quantitative estimate of drug-likeness (QED) is 0.838. The van der Waals surface area contributed by atoms with Crippen molar-refractivity contribution in [1.82, 2.24) is 25.0 Å². The molecule has 0 N–H and O–H groups in total. The van der Waals surface area contributed by atoms with Crippen LogP contribution in [0.15, 0.2) is 28.9 Å². The summed E-state index contributed by atoms with van der Waals surface area (Å²) in [4.78, 5) is 20.5. The first-order valence-corrected chi connectivity index (χ1v) is 9.40. The van der Waals surface area contributed by atoms with E-state index < -0.39 is 0 Å². The minimum Gasteiger partial charge on any atom is -0.419 e. The molecule has 2 fully saturated rings. The molecule has 0 aromatic carbocycles. The van der Waals surface area contributed by atoms with Crippen LogP contribution >= 0.6 is 0 Å². The van der Waals surface area contributed by atoms with Crippen molar-refractivity contribution < 1.29 is 9.21 Å². The minimum absolute atomic E-state index is 0.217. The van der Waals surface area contributed by atoms with Crippen molar-refractivity contribution >= 4 is 5.91 Å². The maximum Gasteiger partial charge on any atom is 0.249 e. The van der Waals surface area contributed by atoms with Crippen molar-refractivity contribution in [3.05, 3.63) is 30.4 Å². The predicted octanol–water partition coefficient (Wildman–Crippen LogP) is 2.36. The molecule has 1 spiro atoms. The molecule has 4 heterocycles. The molecule has 0 radical (unpaired) electrons. The van der Waals surface area contributed by atoms with Gasteiger partial charge in [0.1, 0.15) is 0 Å². The molecule has 7 heteroatoms. The second kappa shape index (κ2) is 7.15. The van der Waals surface area contributed by atoms with Crippen molar-refractivity contribution in [3.63, 3.8) is 0 Å². The van der Waals surface area contributed by atoms with Crippen molar-refractivity contribution in [2.75, 3.05) is 26.2 Å². The summed E-state index contributed by atoms with van der Waals surface area (Å²) in [6.45, 7) is 6.43. The molecule has 1 atom stereocenters. The summed E-state index contributed by atoms with van der Waals surface area (Å²) in [5, 5.41) is 8.37. The molecule has 0 saturated carbocycles. The van der Waals surface area contributed by atoms with Crippen molar-refractivity contribution in [3.8, 4) is 11.5 Å². The summed E-state index contributed by atoms with van der Waals surface area (Å²) in [7, 11) is 0. The molecule has 26 heavy (non-hydrogen) atoms. The fourth-order valence-corrected chi connectivity index (χ4v) is 4.28. The molecule has 2 aromatic heterocycles. The SMILES string of the molecule is CCN1C[C@@]2(CCCN(Cc3nnc(-c4cccnc4)o3)C2)CCC1=O. The van der Waals surface area contributed by atoms with E-state index in [0.29, 0.717) is 30.7 Å². The highest BCUT2D eigenvalue weighted by atomic mass is 16.4. The Morgan fingerprint density at radius 3 is 3.00 bits per heavy atom. The van der Waals surface area contributed by atoms with Crippen molar-refractivity contribution in [2.24, 2.45) is 5.41 Å². The third kappa shape index (κ3) is 3.49. The van der Waals surface area contributed by atoms with E-state index in [1.807, 2.05) is 17.0 Å². The van der Waals surface area contributed by atoms with E-state index in [-0.39, 0.29) is 5.41 Å². The first kappa shape index (κ1) is 17.1. The third-order valence-electron chi connectivity index (χ3n) is 5.60. The van der Waals surface area contributed by atoms with E-state index in [1.54, 1.807) is 12.4 Å². The third-order valence-corrected chi connectivity index (χ3v) is 5.60. The van der Waals surface area contributed by atoms with Gasteiger partial charge in [0.15, 0.2) is 0 Å². The minimum atomic E-state index is 0.217. The van der Waals surface area contributed by atoms with E-state index in [2.05, 4.69) is 27.0 Å². The van der Waals surface area contributed by atoms with Gasteiger partial charge in [0.25, 0.3) is 0 Å².